The molecule has 4 rings (SSSR count). The first kappa shape index (κ1) is 28.9. The van der Waals surface area contributed by atoms with E-state index in [2.05, 4.69) is 99.1 Å². The molecule has 0 N–H and O–H groups in total. The third kappa shape index (κ3) is 9.72. The molecule has 0 bridgehead atoms. The molecule has 0 heterocycles. The van der Waals surface area contributed by atoms with Crippen molar-refractivity contribution in [3.8, 4) is 0 Å². The molecule has 0 spiro atoms. The molecular weight excluding hydrogens is 451 g/mol. The van der Waals surface area contributed by atoms with Crippen LogP contribution in [0.1, 0.15) is 34.6 Å². The van der Waals surface area contributed by atoms with E-state index in [4.69, 9.17) is 0 Å². The summed E-state index contributed by atoms with van der Waals surface area (Å²) in [5.41, 5.74) is 0. The molecule has 0 amide bonds. The van der Waals surface area contributed by atoms with E-state index in [9.17, 15) is 0 Å². The van der Waals surface area contributed by atoms with Crippen LogP contribution in [-0.2, 0) is 19.4 Å². The Labute approximate surface area is 210 Å². The van der Waals surface area contributed by atoms with Crippen molar-refractivity contribution >= 4 is 27.8 Å². The van der Waals surface area contributed by atoms with Crippen LogP contribution in [0.2, 0.25) is 0 Å². The predicted octanol–water partition coefficient (Wildman–Crippen LogP) is 7.59. The number of hydrogen-bond acceptors (Lipinski definition) is 0. The zero-order valence-electron chi connectivity index (χ0n) is 19.2. The second-order valence-corrected chi connectivity index (χ2v) is 9.08. The van der Waals surface area contributed by atoms with Gasteiger partial charge in [-0.1, -0.05) is 106 Å². The van der Waals surface area contributed by atoms with Gasteiger partial charge in [0.15, 0.2) is 0 Å². The summed E-state index contributed by atoms with van der Waals surface area (Å²) in [7, 11) is 4.22. The third-order valence-electron chi connectivity index (χ3n) is 5.50. The van der Waals surface area contributed by atoms with Gasteiger partial charge in [-0.25, -0.2) is 7.92 Å². The molecule has 2 fully saturated rings. The van der Waals surface area contributed by atoms with Crippen LogP contribution in [0.25, 0.3) is 0 Å². The van der Waals surface area contributed by atoms with Crippen molar-refractivity contribution in [1.82, 2.24) is 0 Å². The Morgan fingerprint density at radius 1 is 0.516 bits per heavy atom. The first-order valence-electron chi connectivity index (χ1n) is 10.2. The van der Waals surface area contributed by atoms with E-state index in [1.54, 1.807) is 0 Å². The Hall–Kier alpha value is -0.126. The minimum atomic E-state index is -0.421. The van der Waals surface area contributed by atoms with Gasteiger partial charge in [0.1, 0.15) is 0 Å². The molecule has 0 unspecified atom stereocenters. The van der Waals surface area contributed by atoms with Gasteiger partial charge >= 0.3 is 28.7 Å². The topological polar surface area (TPSA) is 0 Å². The van der Waals surface area contributed by atoms with Crippen LogP contribution in [0, 0.1) is 68.4 Å². The zero-order valence-corrected chi connectivity index (χ0v) is 22.4. The Balaban J connectivity index is 0.000000246. The van der Waals surface area contributed by atoms with Crippen LogP contribution in [0.4, 0.5) is 0 Å². The van der Waals surface area contributed by atoms with E-state index in [0.717, 1.165) is 0 Å². The molecular formula is C28H32ClPTi. The van der Waals surface area contributed by atoms with Gasteiger partial charge in [0.2, 0.25) is 0 Å². The van der Waals surface area contributed by atoms with E-state index < -0.39 is 7.92 Å². The normalized spacial score (nSPS) is 17.9. The summed E-state index contributed by atoms with van der Waals surface area (Å²) >= 11 is 1.47. The second kappa shape index (κ2) is 16.5. The summed E-state index contributed by atoms with van der Waals surface area (Å²) in [4.78, 5) is 0. The maximum absolute atomic E-state index is 4.64. The average Bonchev–Trinajstić information content (AvgIpc) is 3.48. The van der Waals surface area contributed by atoms with Crippen LogP contribution < -0.4 is 10.6 Å². The fraction of sp³-hybridized carbons (Fsp3) is 0.179. The zero-order chi connectivity index (χ0) is 23.2. The van der Waals surface area contributed by atoms with E-state index >= 15 is 0 Å². The van der Waals surface area contributed by atoms with Crippen LogP contribution in [0.3, 0.4) is 0 Å². The minimum absolute atomic E-state index is 0.421. The molecule has 160 valence electrons. The molecule has 2 aromatic rings. The molecule has 0 nitrogen and oxygen atoms in total. The van der Waals surface area contributed by atoms with Crippen molar-refractivity contribution in [1.29, 1.82) is 0 Å². The van der Waals surface area contributed by atoms with E-state index in [0.29, 0.717) is 0 Å². The van der Waals surface area contributed by atoms with Crippen LogP contribution in [0.15, 0.2) is 60.7 Å². The van der Waals surface area contributed by atoms with Gasteiger partial charge in [-0.05, 0) is 61.7 Å². The Morgan fingerprint density at radius 2 is 0.742 bits per heavy atom. The summed E-state index contributed by atoms with van der Waals surface area (Å²) in [6.45, 7) is 15.2. The van der Waals surface area contributed by atoms with Crippen molar-refractivity contribution in [2.24, 2.45) is 0 Å². The van der Waals surface area contributed by atoms with Gasteiger partial charge < -0.3 is 6.66 Å². The molecule has 10 radical (unpaired) electrons. The molecule has 3 heteroatoms. The first-order chi connectivity index (χ1) is 14.9. The summed E-state index contributed by atoms with van der Waals surface area (Å²) in [5.74, 6) is 7.34. The van der Waals surface area contributed by atoms with Crippen molar-refractivity contribution < 1.29 is 19.4 Å². The molecule has 31 heavy (non-hydrogen) atoms. The quantitative estimate of drug-likeness (QED) is 0.235. The summed E-state index contributed by atoms with van der Waals surface area (Å²) < 4.78 is 0. The molecule has 0 aromatic heterocycles. The van der Waals surface area contributed by atoms with E-state index in [1.165, 1.54) is 59.6 Å². The molecule has 2 saturated carbocycles. The molecule has 2 aliphatic rings. The molecule has 0 saturated heterocycles. The monoisotopic (exact) mass is 482 g/mol. The van der Waals surface area contributed by atoms with Crippen molar-refractivity contribution in [3.05, 3.63) is 129 Å². The van der Waals surface area contributed by atoms with E-state index in [-0.39, 0.29) is 0 Å². The van der Waals surface area contributed by atoms with Gasteiger partial charge in [-0.3, -0.25) is 0 Å². The van der Waals surface area contributed by atoms with Gasteiger partial charge in [0.25, 0.3) is 0 Å². The Bertz CT molecular complexity index is 582. The van der Waals surface area contributed by atoms with Crippen LogP contribution >= 0.6 is 17.2 Å². The van der Waals surface area contributed by atoms with Gasteiger partial charge in [-0.2, -0.15) is 0 Å². The summed E-state index contributed by atoms with van der Waals surface area (Å²) in [6, 6.07) is 20.9. The molecule has 0 atom stereocenters. The molecule has 2 aromatic carbocycles. The van der Waals surface area contributed by atoms with E-state index in [1.807, 2.05) is 44.2 Å². The van der Waals surface area contributed by atoms with Crippen molar-refractivity contribution in [3.63, 3.8) is 0 Å². The van der Waals surface area contributed by atoms with Crippen molar-refractivity contribution in [2.75, 3.05) is 0 Å². The Kier molecular flexibility index (Phi) is 15.4. The SMILES string of the molecule is C[C]1[C](C)[C](C)[C](C)[C]1C.[CH2-]P(c1ccccc1)c1ccccc1.[CH]1[CH][CH][CH][CH]1.[Cl][Ti+]. The van der Waals surface area contributed by atoms with Crippen LogP contribution in [-0.4, -0.2) is 0 Å². The predicted molar refractivity (Wildman–Crippen MR) is 136 cm³/mol. The maximum atomic E-state index is 4.64. The van der Waals surface area contributed by atoms with Gasteiger partial charge in [0.05, 0.1) is 0 Å². The number of benzene rings is 2. The summed E-state index contributed by atoms with van der Waals surface area (Å²) in [6.07, 6.45) is 10.0. The fourth-order valence-electron chi connectivity index (χ4n) is 3.09. The van der Waals surface area contributed by atoms with Crippen LogP contribution in [0.5, 0.6) is 0 Å². The number of hydrogen-bond donors (Lipinski definition) is 0. The number of halogens is 1. The summed E-state index contributed by atoms with van der Waals surface area (Å²) in [5, 5.41) is 2.66. The fourth-order valence-corrected chi connectivity index (χ4v) is 4.45. The first-order valence-corrected chi connectivity index (χ1v) is 13.9. The second-order valence-electron chi connectivity index (χ2n) is 7.19. The average molecular weight is 483 g/mol. The van der Waals surface area contributed by atoms with Gasteiger partial charge in [0, 0.05) is 0 Å². The Morgan fingerprint density at radius 3 is 0.968 bits per heavy atom. The third-order valence-corrected chi connectivity index (χ3v) is 7.35. The number of rotatable bonds is 2. The standard InChI is InChI=1S/C13H12P.C10H15.C5H5.ClH.Ti/c1-14(12-8-4-2-5-9-12)13-10-6-3-7-11-13;1-6-7(2)9(4)10(5)8(6)3;1-2-4-5-3-1;;/h2-11H,1H2;1-5H3;1-5H;1H;/q-1;;;;+2/p-1. The molecule has 0 aliphatic heterocycles. The van der Waals surface area contributed by atoms with Crippen molar-refractivity contribution in [2.45, 2.75) is 34.6 Å². The van der Waals surface area contributed by atoms with Gasteiger partial charge in [-0.15, -0.1) is 0 Å². The molecule has 2 aliphatic carbocycles.